The summed E-state index contributed by atoms with van der Waals surface area (Å²) in [7, 11) is 0. The monoisotopic (exact) mass is 834 g/mol. The number of thiocarbonyl (C=S) groups is 1. The molecule has 4 amide bonds. The largest absolute Gasteiger partial charge is 0.419 e. The molecule has 1 aromatic heterocycles. The number of piperidine rings is 1. The van der Waals surface area contributed by atoms with Crippen LogP contribution in [0.25, 0.3) is 0 Å². The summed E-state index contributed by atoms with van der Waals surface area (Å²) < 4.78 is 83.8. The normalized spacial score (nSPS) is 24.8. The zero-order valence-corrected chi connectivity index (χ0v) is 32.8. The molecule has 2 N–H and O–H groups in total. The number of imide groups is 1. The number of rotatable bonds is 10. The third kappa shape index (κ3) is 9.29. The molecule has 19 heteroatoms. The molecule has 1 aromatic carbocycles. The van der Waals surface area contributed by atoms with E-state index in [1.54, 1.807) is 47.9 Å². The molecule has 0 radical (unpaired) electrons. The predicted molar refractivity (Wildman–Crippen MR) is 203 cm³/mol. The van der Waals surface area contributed by atoms with Gasteiger partial charge >= 0.3 is 12.4 Å². The molecule has 2 atom stereocenters. The molecule has 1 unspecified atom stereocenters. The summed E-state index contributed by atoms with van der Waals surface area (Å²) in [6.45, 7) is 3.48. The first-order valence-electron chi connectivity index (χ1n) is 19.2. The fourth-order valence-corrected chi connectivity index (χ4v) is 9.17. The van der Waals surface area contributed by atoms with Gasteiger partial charge in [0, 0.05) is 37.8 Å². The van der Waals surface area contributed by atoms with E-state index < -0.39 is 65.4 Å². The lowest BCUT2D eigenvalue weighted by molar-refractivity contribution is -0.197. The average Bonchev–Trinajstić information content (AvgIpc) is 3.33. The molecule has 4 aliphatic rings. The Kier molecular flexibility index (Phi) is 12.5. The SMILES string of the molecule is CC1(C)C(=O)N(c2cnc(C#N)c(C(F)(F)F)c2)C(=S)N1C1CCC(CCCN2CCN(CC(=O)Nc3ccc(C4CCC(=O)NC4=O)cc3)[C@@H](C(F)(F)F)C2)CC1. The molecule has 4 fully saturated rings. The van der Waals surface area contributed by atoms with Crippen LogP contribution in [0.3, 0.4) is 0 Å². The van der Waals surface area contributed by atoms with Crippen LogP contribution in [0.5, 0.6) is 0 Å². The Bertz CT molecular complexity index is 1960. The number of nitrogens with one attached hydrogen (secondary N) is 2. The maximum absolute atomic E-state index is 14.3. The number of benzene rings is 1. The number of hydrogen-bond acceptors (Lipinski definition) is 9. The minimum absolute atomic E-state index is 0.0501. The number of hydrogen-bond donors (Lipinski definition) is 2. The van der Waals surface area contributed by atoms with Gasteiger partial charge in [-0.3, -0.25) is 34.3 Å². The number of aromatic nitrogens is 1. The molecule has 3 saturated heterocycles. The molecule has 3 aliphatic heterocycles. The third-order valence-electron chi connectivity index (χ3n) is 11.7. The van der Waals surface area contributed by atoms with Gasteiger partial charge in [-0.05, 0) is 107 Å². The van der Waals surface area contributed by atoms with Crippen molar-refractivity contribution in [1.82, 2.24) is 25.0 Å². The van der Waals surface area contributed by atoms with Crippen molar-refractivity contribution in [1.29, 1.82) is 5.26 Å². The molecule has 4 heterocycles. The van der Waals surface area contributed by atoms with Crippen molar-refractivity contribution in [3.05, 3.63) is 53.3 Å². The van der Waals surface area contributed by atoms with E-state index in [4.69, 9.17) is 17.5 Å². The fourth-order valence-electron chi connectivity index (χ4n) is 8.60. The van der Waals surface area contributed by atoms with Gasteiger partial charge in [0.05, 0.1) is 29.9 Å². The molecular weight excluding hydrogens is 791 g/mol. The summed E-state index contributed by atoms with van der Waals surface area (Å²) in [5, 5.41) is 14.1. The van der Waals surface area contributed by atoms with Crippen LogP contribution in [0.15, 0.2) is 36.5 Å². The summed E-state index contributed by atoms with van der Waals surface area (Å²) in [5.74, 6) is -2.03. The van der Waals surface area contributed by atoms with E-state index in [1.807, 2.05) is 0 Å². The zero-order chi connectivity index (χ0) is 42.2. The Balaban J connectivity index is 0.970. The second-order valence-electron chi connectivity index (χ2n) is 15.9. The van der Waals surface area contributed by atoms with Gasteiger partial charge < -0.3 is 15.1 Å². The predicted octanol–water partition coefficient (Wildman–Crippen LogP) is 5.73. The highest BCUT2D eigenvalue weighted by molar-refractivity contribution is 7.80. The lowest BCUT2D eigenvalue weighted by Crippen LogP contribution is -2.60. The van der Waals surface area contributed by atoms with Gasteiger partial charge in [-0.25, -0.2) is 4.98 Å². The highest BCUT2D eigenvalue weighted by Gasteiger charge is 2.53. The van der Waals surface area contributed by atoms with Gasteiger partial charge in [0.25, 0.3) is 5.91 Å². The quantitative estimate of drug-likeness (QED) is 0.173. The highest BCUT2D eigenvalue weighted by Crippen LogP contribution is 2.41. The standard InChI is InChI=1S/C39H44F6N8O4S/c1-37(2)35(57)52(27-18-29(38(40,41)42)30(19-46)47-20-27)36(58)53(37)26-11-5-23(6-12-26)4-3-15-50-16-17-51(31(21-50)39(43,44)45)22-33(55)48-25-9-7-24(8-10-25)28-13-14-32(54)49-34(28)56/h7-10,18,20,23,26,28,31H,3-6,11-17,21-22H2,1-2H3,(H,48,55)(H,49,54,56)/t23?,26?,28?,31-/m1/s1. The Hall–Kier alpha value is -4.67. The van der Waals surface area contributed by atoms with Crippen LogP contribution in [0, 0.1) is 17.2 Å². The van der Waals surface area contributed by atoms with E-state index in [2.05, 4.69) is 15.6 Å². The fraction of sp³-hybridized carbons (Fsp3) is 0.564. The minimum Gasteiger partial charge on any atom is -0.331 e. The zero-order valence-electron chi connectivity index (χ0n) is 32.0. The first kappa shape index (κ1) is 42.9. The van der Waals surface area contributed by atoms with E-state index in [0.29, 0.717) is 55.9 Å². The number of carbonyl (C=O) groups is 4. The van der Waals surface area contributed by atoms with Crippen LogP contribution in [-0.4, -0.2) is 105 Å². The van der Waals surface area contributed by atoms with E-state index in [1.165, 1.54) is 6.07 Å². The van der Waals surface area contributed by atoms with Gasteiger partial charge in [-0.15, -0.1) is 0 Å². The second kappa shape index (κ2) is 16.9. The van der Waals surface area contributed by atoms with Crippen molar-refractivity contribution in [2.75, 3.05) is 42.9 Å². The molecule has 6 rings (SSSR count). The Morgan fingerprint density at radius 2 is 1.72 bits per heavy atom. The van der Waals surface area contributed by atoms with E-state index in [9.17, 15) is 45.5 Å². The lowest BCUT2D eigenvalue weighted by Gasteiger charge is -2.42. The van der Waals surface area contributed by atoms with E-state index >= 15 is 0 Å². The van der Waals surface area contributed by atoms with Crippen LogP contribution in [-0.2, 0) is 25.4 Å². The lowest BCUT2D eigenvalue weighted by atomic mass is 9.82. The molecule has 1 saturated carbocycles. The van der Waals surface area contributed by atoms with Crippen LogP contribution < -0.4 is 15.5 Å². The maximum Gasteiger partial charge on any atom is 0.419 e. The number of carbonyl (C=O) groups excluding carboxylic acids is 4. The number of pyridine rings is 1. The Labute approximate surface area is 336 Å². The van der Waals surface area contributed by atoms with Crippen molar-refractivity contribution >= 4 is 52.3 Å². The van der Waals surface area contributed by atoms with Crippen molar-refractivity contribution in [2.45, 2.75) is 101 Å². The Morgan fingerprint density at radius 1 is 1.03 bits per heavy atom. The van der Waals surface area contributed by atoms with Gasteiger partial charge in [0.15, 0.2) is 10.8 Å². The van der Waals surface area contributed by atoms with Crippen LogP contribution >= 0.6 is 12.2 Å². The Morgan fingerprint density at radius 3 is 2.34 bits per heavy atom. The minimum atomic E-state index is -4.86. The number of amides is 4. The second-order valence-corrected chi connectivity index (χ2v) is 16.2. The molecule has 58 heavy (non-hydrogen) atoms. The van der Waals surface area contributed by atoms with Crippen LogP contribution in [0.1, 0.15) is 88.0 Å². The highest BCUT2D eigenvalue weighted by atomic mass is 32.1. The van der Waals surface area contributed by atoms with Gasteiger partial charge in [0.2, 0.25) is 17.7 Å². The number of anilines is 2. The summed E-state index contributed by atoms with van der Waals surface area (Å²) in [6.07, 6.45) is -3.47. The number of piperazine rings is 1. The van der Waals surface area contributed by atoms with E-state index in [-0.39, 0.29) is 42.3 Å². The topological polar surface area (TPSA) is 142 Å². The first-order valence-corrected chi connectivity index (χ1v) is 19.6. The van der Waals surface area contributed by atoms with E-state index in [0.717, 1.165) is 41.3 Å². The molecule has 0 bridgehead atoms. The van der Waals surface area contributed by atoms with Crippen LogP contribution in [0.2, 0.25) is 0 Å². The number of nitriles is 1. The molecule has 2 aromatic rings. The molecule has 1 aliphatic carbocycles. The number of nitrogens with zero attached hydrogens (tertiary/aromatic N) is 6. The third-order valence-corrected chi connectivity index (χ3v) is 12.1. The summed E-state index contributed by atoms with van der Waals surface area (Å²) in [6, 6.07) is 6.62. The number of alkyl halides is 6. The summed E-state index contributed by atoms with van der Waals surface area (Å²) in [4.78, 5) is 59.5. The van der Waals surface area contributed by atoms with Crippen molar-refractivity contribution in [2.24, 2.45) is 5.92 Å². The van der Waals surface area contributed by atoms with Crippen molar-refractivity contribution in [3.8, 4) is 6.07 Å². The molecule has 12 nitrogen and oxygen atoms in total. The van der Waals surface area contributed by atoms with Gasteiger partial charge in [-0.1, -0.05) is 12.1 Å². The smallest absolute Gasteiger partial charge is 0.331 e. The molecular formula is C39H44F6N8O4S. The average molecular weight is 835 g/mol. The molecule has 312 valence electrons. The maximum atomic E-state index is 14.3. The summed E-state index contributed by atoms with van der Waals surface area (Å²) >= 11 is 5.67. The summed E-state index contributed by atoms with van der Waals surface area (Å²) in [5.41, 5.74) is -2.33. The van der Waals surface area contributed by atoms with Crippen LogP contribution in [0.4, 0.5) is 37.7 Å². The number of halogens is 6. The molecule has 0 spiro atoms. The van der Waals surface area contributed by atoms with Crippen molar-refractivity contribution < 1.29 is 45.5 Å². The van der Waals surface area contributed by atoms with Crippen molar-refractivity contribution in [3.63, 3.8) is 0 Å². The van der Waals surface area contributed by atoms with Gasteiger partial charge in [0.1, 0.15) is 17.6 Å². The van der Waals surface area contributed by atoms with Gasteiger partial charge in [-0.2, -0.15) is 31.6 Å². The first-order chi connectivity index (χ1) is 27.3.